The van der Waals surface area contributed by atoms with Crippen LogP contribution in [0.25, 0.3) is 0 Å². The van der Waals surface area contributed by atoms with Crippen LogP contribution in [-0.4, -0.2) is 37.0 Å². The maximum Gasteiger partial charge on any atom is 0.0547 e. The summed E-state index contributed by atoms with van der Waals surface area (Å²) in [7, 11) is 4.28. The predicted molar refractivity (Wildman–Crippen MR) is 119 cm³/mol. The van der Waals surface area contributed by atoms with Gasteiger partial charge in [0.15, 0.2) is 0 Å². The Morgan fingerprint density at radius 1 is 0.880 bits per heavy atom. The first kappa shape index (κ1) is 22.4. The summed E-state index contributed by atoms with van der Waals surface area (Å²) in [5, 5.41) is 0.417. The average Bonchev–Trinajstić information content (AvgIpc) is 2.60. The molecule has 0 saturated carbocycles. The highest BCUT2D eigenvalue weighted by Crippen LogP contribution is 2.36. The number of hydrogen-bond donors (Lipinski definition) is 0. The van der Waals surface area contributed by atoms with Crippen LogP contribution >= 0.6 is 35.9 Å². The summed E-state index contributed by atoms with van der Waals surface area (Å²) in [5.41, 5.74) is 2.80. The van der Waals surface area contributed by atoms with Crippen LogP contribution in [0.5, 0.6) is 0 Å². The van der Waals surface area contributed by atoms with Crippen molar-refractivity contribution in [2.75, 3.05) is 32.1 Å². The molecule has 0 amide bonds. The molecule has 138 valence electrons. The molecule has 0 radical (unpaired) electrons. The molecule has 2 rings (SSSR count). The number of thioether (sulfide) groups is 2. The number of benzene rings is 2. The maximum absolute atomic E-state index is 2.31. The SMILES string of the molecule is CCCCSc1ccc(C(SCCN(C)C)c2ccccc2)cc1.Cl. The minimum Gasteiger partial charge on any atom is -0.309 e. The van der Waals surface area contributed by atoms with E-state index in [9.17, 15) is 0 Å². The van der Waals surface area contributed by atoms with E-state index in [2.05, 4.69) is 80.5 Å². The van der Waals surface area contributed by atoms with Gasteiger partial charge in [-0.3, -0.25) is 0 Å². The van der Waals surface area contributed by atoms with E-state index in [0.29, 0.717) is 5.25 Å². The zero-order valence-corrected chi connectivity index (χ0v) is 17.9. The van der Waals surface area contributed by atoms with E-state index in [4.69, 9.17) is 0 Å². The van der Waals surface area contributed by atoms with Crippen LogP contribution < -0.4 is 0 Å². The average molecular weight is 396 g/mol. The first-order chi connectivity index (χ1) is 11.7. The zero-order valence-electron chi connectivity index (χ0n) is 15.5. The van der Waals surface area contributed by atoms with Gasteiger partial charge in [0, 0.05) is 17.2 Å². The van der Waals surface area contributed by atoms with Crippen LogP contribution in [0.4, 0.5) is 0 Å². The smallest absolute Gasteiger partial charge is 0.0547 e. The molecule has 0 fully saturated rings. The van der Waals surface area contributed by atoms with Gasteiger partial charge < -0.3 is 4.90 Å². The fourth-order valence-corrected chi connectivity index (χ4v) is 4.84. The Hall–Kier alpha value is -0.610. The van der Waals surface area contributed by atoms with Gasteiger partial charge in [-0.15, -0.1) is 35.9 Å². The summed E-state index contributed by atoms with van der Waals surface area (Å²) in [6.45, 7) is 3.36. The van der Waals surface area contributed by atoms with Gasteiger partial charge in [-0.25, -0.2) is 0 Å². The monoisotopic (exact) mass is 395 g/mol. The second-order valence-corrected chi connectivity index (χ2v) is 8.62. The molecule has 4 heteroatoms. The molecule has 0 aliphatic rings. The van der Waals surface area contributed by atoms with Gasteiger partial charge in [0.25, 0.3) is 0 Å². The first-order valence-electron chi connectivity index (χ1n) is 8.74. The van der Waals surface area contributed by atoms with Crippen molar-refractivity contribution in [1.29, 1.82) is 0 Å². The molecule has 1 atom stereocenters. The van der Waals surface area contributed by atoms with E-state index in [1.807, 2.05) is 23.5 Å². The number of rotatable bonds is 10. The predicted octanol–water partition coefficient (Wildman–Crippen LogP) is 6.38. The molecule has 2 aromatic rings. The molecular weight excluding hydrogens is 366 g/mol. The number of nitrogens with zero attached hydrogens (tertiary/aromatic N) is 1. The van der Waals surface area contributed by atoms with Crippen molar-refractivity contribution in [3.05, 3.63) is 65.7 Å². The summed E-state index contributed by atoms with van der Waals surface area (Å²) >= 11 is 4.00. The molecule has 0 heterocycles. The van der Waals surface area contributed by atoms with Gasteiger partial charge in [-0.05, 0) is 49.5 Å². The summed E-state index contributed by atoms with van der Waals surface area (Å²) in [6.07, 6.45) is 2.56. The van der Waals surface area contributed by atoms with Gasteiger partial charge in [0.2, 0.25) is 0 Å². The number of hydrogen-bond acceptors (Lipinski definition) is 3. The topological polar surface area (TPSA) is 3.24 Å². The Kier molecular flexibility index (Phi) is 11.4. The van der Waals surface area contributed by atoms with E-state index < -0.39 is 0 Å². The highest BCUT2D eigenvalue weighted by Gasteiger charge is 2.14. The van der Waals surface area contributed by atoms with Crippen LogP contribution in [-0.2, 0) is 0 Å². The summed E-state index contributed by atoms with van der Waals surface area (Å²) in [6, 6.07) is 20.1. The third kappa shape index (κ3) is 8.08. The molecule has 0 aromatic heterocycles. The normalized spacial score (nSPS) is 12.0. The molecule has 0 N–H and O–H groups in total. The highest BCUT2D eigenvalue weighted by atomic mass is 35.5. The van der Waals surface area contributed by atoms with E-state index in [-0.39, 0.29) is 12.4 Å². The van der Waals surface area contributed by atoms with Crippen LogP contribution in [0.1, 0.15) is 36.1 Å². The molecule has 1 nitrogen and oxygen atoms in total. The zero-order chi connectivity index (χ0) is 17.2. The Balaban J connectivity index is 0.00000312. The Morgan fingerprint density at radius 3 is 2.12 bits per heavy atom. The van der Waals surface area contributed by atoms with Crippen molar-refractivity contribution in [3.8, 4) is 0 Å². The van der Waals surface area contributed by atoms with E-state index in [1.165, 1.54) is 34.6 Å². The Morgan fingerprint density at radius 2 is 1.52 bits per heavy atom. The molecule has 2 aromatic carbocycles. The van der Waals surface area contributed by atoms with Crippen molar-refractivity contribution >= 4 is 35.9 Å². The van der Waals surface area contributed by atoms with Crippen molar-refractivity contribution in [2.45, 2.75) is 29.9 Å². The molecule has 0 aliphatic carbocycles. The van der Waals surface area contributed by atoms with Crippen LogP contribution in [0, 0.1) is 0 Å². The lowest BCUT2D eigenvalue weighted by atomic mass is 10.0. The number of unbranched alkanes of at least 4 members (excludes halogenated alkanes) is 1. The van der Waals surface area contributed by atoms with Crippen molar-refractivity contribution in [2.24, 2.45) is 0 Å². The Labute approximate surface area is 168 Å². The van der Waals surface area contributed by atoms with Gasteiger partial charge in [-0.1, -0.05) is 55.8 Å². The second-order valence-electron chi connectivity index (χ2n) is 6.24. The second kappa shape index (κ2) is 12.7. The lowest BCUT2D eigenvalue weighted by Gasteiger charge is -2.19. The molecule has 1 unspecified atom stereocenters. The van der Waals surface area contributed by atoms with E-state index in [1.54, 1.807) is 0 Å². The first-order valence-corrected chi connectivity index (χ1v) is 10.8. The van der Waals surface area contributed by atoms with Crippen molar-refractivity contribution in [1.82, 2.24) is 4.90 Å². The minimum atomic E-state index is 0. The van der Waals surface area contributed by atoms with E-state index >= 15 is 0 Å². The van der Waals surface area contributed by atoms with Crippen LogP contribution in [0.2, 0.25) is 0 Å². The summed E-state index contributed by atoms with van der Waals surface area (Å²) in [5.74, 6) is 2.36. The maximum atomic E-state index is 2.31. The molecule has 0 bridgehead atoms. The highest BCUT2D eigenvalue weighted by molar-refractivity contribution is 7.99. The molecule has 25 heavy (non-hydrogen) atoms. The Bertz CT molecular complexity index is 572. The quantitative estimate of drug-likeness (QED) is 0.339. The number of halogens is 1. The van der Waals surface area contributed by atoms with E-state index in [0.717, 1.165) is 12.3 Å². The fraction of sp³-hybridized carbons (Fsp3) is 0.429. The molecular formula is C21H30ClNS2. The van der Waals surface area contributed by atoms with Gasteiger partial charge >= 0.3 is 0 Å². The van der Waals surface area contributed by atoms with Gasteiger partial charge in [-0.2, -0.15) is 0 Å². The standard InChI is InChI=1S/C21H29NS2.ClH/c1-4-5-16-23-20-13-11-19(12-14-20)21(24-17-15-22(2)3)18-9-7-6-8-10-18;/h6-14,21H,4-5,15-17H2,1-3H3;1H. The van der Waals surface area contributed by atoms with Gasteiger partial charge in [0.05, 0.1) is 5.25 Å². The molecule has 0 saturated heterocycles. The molecule has 0 aliphatic heterocycles. The van der Waals surface area contributed by atoms with Crippen molar-refractivity contribution < 1.29 is 0 Å². The fourth-order valence-electron chi connectivity index (χ4n) is 2.44. The lowest BCUT2D eigenvalue weighted by molar-refractivity contribution is 0.437. The third-order valence-electron chi connectivity index (χ3n) is 3.87. The molecule has 0 spiro atoms. The van der Waals surface area contributed by atoms with Gasteiger partial charge in [0.1, 0.15) is 0 Å². The summed E-state index contributed by atoms with van der Waals surface area (Å²) in [4.78, 5) is 3.64. The third-order valence-corrected chi connectivity index (χ3v) is 6.27. The van der Waals surface area contributed by atoms with Crippen molar-refractivity contribution in [3.63, 3.8) is 0 Å². The largest absolute Gasteiger partial charge is 0.309 e. The van der Waals surface area contributed by atoms with Crippen LogP contribution in [0.15, 0.2) is 59.5 Å². The lowest BCUT2D eigenvalue weighted by Crippen LogP contribution is -2.15. The van der Waals surface area contributed by atoms with Crippen LogP contribution in [0.3, 0.4) is 0 Å². The minimum absolute atomic E-state index is 0. The summed E-state index contributed by atoms with van der Waals surface area (Å²) < 4.78 is 0.